The van der Waals surface area contributed by atoms with Crippen LogP contribution in [-0.4, -0.2) is 40.6 Å². The Hall–Kier alpha value is -4.01. The predicted octanol–water partition coefficient (Wildman–Crippen LogP) is 4.37. The highest BCUT2D eigenvalue weighted by atomic mass is 16.6. The second-order valence-corrected chi connectivity index (χ2v) is 8.06. The van der Waals surface area contributed by atoms with Gasteiger partial charge < -0.3 is 15.0 Å². The molecule has 0 bridgehead atoms. The van der Waals surface area contributed by atoms with Gasteiger partial charge in [-0.05, 0) is 30.9 Å². The molecule has 0 unspecified atom stereocenters. The monoisotopic (exact) mass is 461 g/mol. The molecule has 34 heavy (non-hydrogen) atoms. The fourth-order valence-corrected chi connectivity index (χ4v) is 4.25. The maximum absolute atomic E-state index is 12.2. The van der Waals surface area contributed by atoms with Crippen molar-refractivity contribution in [3.05, 3.63) is 88.2 Å². The number of nitrogens with one attached hydrogen (secondary N) is 1. The number of anilines is 2. The van der Waals surface area contributed by atoms with E-state index in [1.807, 2.05) is 65.6 Å². The molecule has 1 N–H and O–H groups in total. The molecule has 1 saturated heterocycles. The summed E-state index contributed by atoms with van der Waals surface area (Å²) in [6.45, 7) is 3.07. The van der Waals surface area contributed by atoms with Gasteiger partial charge in [0.05, 0.1) is 23.5 Å². The molecule has 0 atom stereocenters. The maximum Gasteiger partial charge on any atom is 0.353 e. The van der Waals surface area contributed by atoms with Gasteiger partial charge in [-0.25, -0.2) is 9.97 Å². The Bertz CT molecular complexity index is 1080. The lowest BCUT2D eigenvalue weighted by Crippen LogP contribution is -2.37. The summed E-state index contributed by atoms with van der Waals surface area (Å²) in [5.41, 5.74) is 1.74. The van der Waals surface area contributed by atoms with E-state index < -0.39 is 4.92 Å². The number of rotatable bonds is 8. The standard InChI is InChI=1S/C25H27N5O4/c1-2-34-25(31)20-13-15-29(16-14-20)24-22(30(32)33)23(26-17-27-24)28-21(18-9-5-3-6-10-18)19-11-7-4-8-12-19/h3-12,17,20-21H,2,13-16H2,1H3,(H,26,27,28). The lowest BCUT2D eigenvalue weighted by atomic mass is 9.97. The lowest BCUT2D eigenvalue weighted by molar-refractivity contribution is -0.383. The first-order valence-corrected chi connectivity index (χ1v) is 11.4. The van der Waals surface area contributed by atoms with Crippen LogP contribution in [0.2, 0.25) is 0 Å². The second kappa shape index (κ2) is 10.7. The zero-order chi connectivity index (χ0) is 23.9. The van der Waals surface area contributed by atoms with Gasteiger partial charge in [0, 0.05) is 13.1 Å². The second-order valence-electron chi connectivity index (χ2n) is 8.06. The van der Waals surface area contributed by atoms with E-state index >= 15 is 0 Å². The molecule has 0 radical (unpaired) electrons. The van der Waals surface area contributed by atoms with E-state index in [4.69, 9.17) is 4.74 Å². The molecule has 4 rings (SSSR count). The number of aromatic nitrogens is 2. The van der Waals surface area contributed by atoms with Gasteiger partial charge in [0.1, 0.15) is 6.33 Å². The molecule has 0 saturated carbocycles. The van der Waals surface area contributed by atoms with Crippen LogP contribution in [0.1, 0.15) is 36.9 Å². The van der Waals surface area contributed by atoms with Crippen LogP contribution < -0.4 is 10.2 Å². The predicted molar refractivity (Wildman–Crippen MR) is 129 cm³/mol. The largest absolute Gasteiger partial charge is 0.466 e. The minimum absolute atomic E-state index is 0.153. The van der Waals surface area contributed by atoms with Gasteiger partial charge in [-0.15, -0.1) is 0 Å². The molecule has 3 aromatic rings. The molecule has 2 heterocycles. The molecule has 176 valence electrons. The topological polar surface area (TPSA) is 110 Å². The van der Waals surface area contributed by atoms with E-state index in [1.165, 1.54) is 6.33 Å². The molecule has 1 aromatic heterocycles. The quantitative estimate of drug-likeness (QED) is 0.299. The van der Waals surface area contributed by atoms with Gasteiger partial charge in [0.15, 0.2) is 0 Å². The summed E-state index contributed by atoms with van der Waals surface area (Å²) < 4.78 is 5.13. The zero-order valence-electron chi connectivity index (χ0n) is 19.0. The summed E-state index contributed by atoms with van der Waals surface area (Å²) in [6.07, 6.45) is 2.45. The van der Waals surface area contributed by atoms with Crippen molar-refractivity contribution in [1.29, 1.82) is 0 Å². The van der Waals surface area contributed by atoms with Crippen molar-refractivity contribution >= 4 is 23.3 Å². The number of nitro groups is 1. The summed E-state index contributed by atoms with van der Waals surface area (Å²) in [7, 11) is 0. The zero-order valence-corrected chi connectivity index (χ0v) is 19.0. The average Bonchev–Trinajstić information content (AvgIpc) is 2.88. The highest BCUT2D eigenvalue weighted by Crippen LogP contribution is 2.37. The third-order valence-corrected chi connectivity index (χ3v) is 5.95. The average molecular weight is 462 g/mol. The summed E-state index contributed by atoms with van der Waals surface area (Å²) in [4.78, 5) is 34.2. The van der Waals surface area contributed by atoms with Gasteiger partial charge in [-0.2, -0.15) is 0 Å². The Morgan fingerprint density at radius 1 is 1.09 bits per heavy atom. The fraction of sp³-hybridized carbons (Fsp3) is 0.320. The summed E-state index contributed by atoms with van der Waals surface area (Å²) >= 11 is 0. The van der Waals surface area contributed by atoms with Crippen molar-refractivity contribution in [3.8, 4) is 0 Å². The third-order valence-electron chi connectivity index (χ3n) is 5.95. The molecule has 9 heteroatoms. The van der Waals surface area contributed by atoms with Crippen molar-refractivity contribution in [3.63, 3.8) is 0 Å². The van der Waals surface area contributed by atoms with Crippen molar-refractivity contribution in [2.45, 2.75) is 25.8 Å². The molecular formula is C25H27N5O4. The Kier molecular flexibility index (Phi) is 7.31. The third kappa shape index (κ3) is 5.14. The molecule has 1 fully saturated rings. The first kappa shape index (κ1) is 23.2. The Labute approximate surface area is 198 Å². The van der Waals surface area contributed by atoms with Crippen molar-refractivity contribution in [2.24, 2.45) is 5.92 Å². The van der Waals surface area contributed by atoms with Gasteiger partial charge in [0.25, 0.3) is 0 Å². The van der Waals surface area contributed by atoms with Gasteiger partial charge in [-0.3, -0.25) is 14.9 Å². The number of carbonyl (C=O) groups is 1. The van der Waals surface area contributed by atoms with E-state index in [9.17, 15) is 14.9 Å². The molecular weight excluding hydrogens is 434 g/mol. The first-order chi connectivity index (χ1) is 16.6. The van der Waals surface area contributed by atoms with Gasteiger partial charge >= 0.3 is 11.7 Å². The van der Waals surface area contributed by atoms with E-state index in [-0.39, 0.29) is 35.3 Å². The van der Waals surface area contributed by atoms with E-state index in [2.05, 4.69) is 15.3 Å². The number of hydrogen-bond acceptors (Lipinski definition) is 8. The number of piperidine rings is 1. The molecule has 0 amide bonds. The van der Waals surface area contributed by atoms with Crippen LogP contribution in [0.5, 0.6) is 0 Å². The normalized spacial score (nSPS) is 14.1. The molecule has 9 nitrogen and oxygen atoms in total. The molecule has 2 aromatic carbocycles. The van der Waals surface area contributed by atoms with Gasteiger partial charge in [-0.1, -0.05) is 60.7 Å². The summed E-state index contributed by atoms with van der Waals surface area (Å²) in [5, 5.41) is 15.5. The van der Waals surface area contributed by atoms with Crippen LogP contribution >= 0.6 is 0 Å². The van der Waals surface area contributed by atoms with E-state index in [0.29, 0.717) is 32.5 Å². The molecule has 1 aliphatic heterocycles. The Morgan fingerprint density at radius 2 is 1.68 bits per heavy atom. The highest BCUT2D eigenvalue weighted by molar-refractivity contribution is 5.74. The lowest BCUT2D eigenvalue weighted by Gasteiger charge is -2.31. The van der Waals surface area contributed by atoms with Crippen LogP contribution in [0.3, 0.4) is 0 Å². The van der Waals surface area contributed by atoms with E-state index in [0.717, 1.165) is 11.1 Å². The highest BCUT2D eigenvalue weighted by Gasteiger charge is 2.33. The maximum atomic E-state index is 12.2. The number of carbonyl (C=O) groups excluding carboxylic acids is 1. The minimum atomic E-state index is -0.442. The van der Waals surface area contributed by atoms with Crippen molar-refractivity contribution in [2.75, 3.05) is 29.9 Å². The summed E-state index contributed by atoms with van der Waals surface area (Å²) in [6, 6.07) is 19.1. The Morgan fingerprint density at radius 3 is 2.21 bits per heavy atom. The van der Waals surface area contributed by atoms with Crippen LogP contribution in [0.25, 0.3) is 0 Å². The van der Waals surface area contributed by atoms with Crippen LogP contribution in [0.15, 0.2) is 67.0 Å². The number of nitrogens with zero attached hydrogens (tertiary/aromatic N) is 4. The SMILES string of the molecule is CCOC(=O)C1CCN(c2ncnc(NC(c3ccccc3)c3ccccc3)c2[N+](=O)[O-])CC1. The van der Waals surface area contributed by atoms with Crippen molar-refractivity contribution in [1.82, 2.24) is 9.97 Å². The van der Waals surface area contributed by atoms with Crippen molar-refractivity contribution < 1.29 is 14.5 Å². The van der Waals surface area contributed by atoms with Crippen LogP contribution in [0, 0.1) is 16.0 Å². The first-order valence-electron chi connectivity index (χ1n) is 11.4. The number of benzene rings is 2. The molecule has 1 aliphatic rings. The van der Waals surface area contributed by atoms with E-state index in [1.54, 1.807) is 6.92 Å². The van der Waals surface area contributed by atoms with Gasteiger partial charge in [0.2, 0.25) is 11.6 Å². The summed E-state index contributed by atoms with van der Waals surface area (Å²) in [5.74, 6) is -0.00427. The fourth-order valence-electron chi connectivity index (χ4n) is 4.25. The number of esters is 1. The Balaban J connectivity index is 1.63. The molecule has 0 aliphatic carbocycles. The minimum Gasteiger partial charge on any atom is -0.466 e. The smallest absolute Gasteiger partial charge is 0.353 e. The number of ether oxygens (including phenoxy) is 1. The molecule has 0 spiro atoms. The number of hydrogen-bond donors (Lipinski definition) is 1. The van der Waals surface area contributed by atoms with Crippen LogP contribution in [0.4, 0.5) is 17.3 Å². The van der Waals surface area contributed by atoms with Crippen LogP contribution in [-0.2, 0) is 9.53 Å².